The monoisotopic (exact) mass is 343 g/mol. The fourth-order valence-corrected chi connectivity index (χ4v) is 2.79. The molecule has 2 N–H and O–H groups in total. The van der Waals surface area contributed by atoms with Crippen molar-refractivity contribution >= 4 is 17.9 Å². The highest BCUT2D eigenvalue weighted by Crippen LogP contribution is 2.23. The first-order valence-electron chi connectivity index (χ1n) is 8.27. The van der Waals surface area contributed by atoms with E-state index < -0.39 is 24.5 Å². The van der Waals surface area contributed by atoms with E-state index in [9.17, 15) is 14.4 Å². The number of hydrogen-bond donors (Lipinski definition) is 2. The first-order chi connectivity index (χ1) is 12.0. The van der Waals surface area contributed by atoms with E-state index in [2.05, 4.69) is 17.6 Å². The Morgan fingerprint density at radius 2 is 1.88 bits per heavy atom. The van der Waals surface area contributed by atoms with Crippen molar-refractivity contribution in [3.05, 3.63) is 35.4 Å². The number of carbonyl (C=O) groups is 3. The Kier molecular flexibility index (Phi) is 6.52. The molecule has 0 aromatic heterocycles. The van der Waals surface area contributed by atoms with E-state index >= 15 is 0 Å². The van der Waals surface area contributed by atoms with Crippen LogP contribution in [0.25, 0.3) is 0 Å². The van der Waals surface area contributed by atoms with Crippen molar-refractivity contribution < 1.29 is 19.1 Å². The average molecular weight is 343 g/mol. The molecule has 1 saturated carbocycles. The van der Waals surface area contributed by atoms with Gasteiger partial charge < -0.3 is 10.1 Å². The second-order valence-corrected chi connectivity index (χ2v) is 6.16. The normalized spacial score (nSPS) is 19.4. The number of imide groups is 1. The molecule has 1 aromatic rings. The summed E-state index contributed by atoms with van der Waals surface area (Å²) in [7, 11) is 0. The van der Waals surface area contributed by atoms with Gasteiger partial charge in [0.15, 0.2) is 6.61 Å². The van der Waals surface area contributed by atoms with Crippen LogP contribution in [0, 0.1) is 17.2 Å². The number of urea groups is 1. The van der Waals surface area contributed by atoms with Crippen molar-refractivity contribution in [3.8, 4) is 6.07 Å². The number of ether oxygens (including phenoxy) is 1. The lowest BCUT2D eigenvalue weighted by molar-refractivity contribution is -0.123. The van der Waals surface area contributed by atoms with Crippen LogP contribution in [0.1, 0.15) is 48.5 Å². The average Bonchev–Trinajstić information content (AvgIpc) is 2.61. The van der Waals surface area contributed by atoms with Crippen LogP contribution in [-0.4, -0.2) is 30.6 Å². The van der Waals surface area contributed by atoms with Gasteiger partial charge in [-0.05, 0) is 43.0 Å². The van der Waals surface area contributed by atoms with Crippen LogP contribution in [0.3, 0.4) is 0 Å². The zero-order valence-corrected chi connectivity index (χ0v) is 14.1. The number of nitriles is 1. The van der Waals surface area contributed by atoms with Gasteiger partial charge in [-0.1, -0.05) is 19.8 Å². The van der Waals surface area contributed by atoms with Gasteiger partial charge in [-0.3, -0.25) is 10.1 Å². The van der Waals surface area contributed by atoms with E-state index in [4.69, 9.17) is 10.00 Å². The number of nitrogens with one attached hydrogen (secondary N) is 2. The van der Waals surface area contributed by atoms with Crippen LogP contribution < -0.4 is 10.6 Å². The second-order valence-electron chi connectivity index (χ2n) is 6.16. The lowest BCUT2D eigenvalue weighted by atomic mass is 9.86. The van der Waals surface area contributed by atoms with Crippen LogP contribution in [-0.2, 0) is 9.53 Å². The Labute approximate surface area is 146 Å². The summed E-state index contributed by atoms with van der Waals surface area (Å²) in [4.78, 5) is 35.4. The Bertz CT molecular complexity index is 679. The number of hydrogen-bond acceptors (Lipinski definition) is 5. The molecule has 1 aromatic carbocycles. The fourth-order valence-electron chi connectivity index (χ4n) is 2.79. The van der Waals surface area contributed by atoms with Crippen molar-refractivity contribution in [2.24, 2.45) is 5.92 Å². The van der Waals surface area contributed by atoms with Gasteiger partial charge in [0.05, 0.1) is 17.2 Å². The molecule has 1 aliphatic rings. The Morgan fingerprint density at radius 3 is 2.52 bits per heavy atom. The van der Waals surface area contributed by atoms with Gasteiger partial charge in [-0.2, -0.15) is 5.26 Å². The van der Waals surface area contributed by atoms with Crippen LogP contribution in [0.4, 0.5) is 4.79 Å². The maximum atomic E-state index is 11.8. The summed E-state index contributed by atoms with van der Waals surface area (Å²) in [5.74, 6) is -1.01. The number of esters is 1. The molecule has 0 bridgehead atoms. The highest BCUT2D eigenvalue weighted by atomic mass is 16.5. The molecule has 0 unspecified atom stereocenters. The summed E-state index contributed by atoms with van der Waals surface area (Å²) in [6.45, 7) is 1.53. The molecule has 1 aliphatic carbocycles. The van der Waals surface area contributed by atoms with Gasteiger partial charge in [0.1, 0.15) is 0 Å². The molecule has 25 heavy (non-hydrogen) atoms. The summed E-state index contributed by atoms with van der Waals surface area (Å²) < 4.78 is 4.86. The summed E-state index contributed by atoms with van der Waals surface area (Å²) >= 11 is 0. The van der Waals surface area contributed by atoms with Gasteiger partial charge >= 0.3 is 12.0 Å². The van der Waals surface area contributed by atoms with Crippen molar-refractivity contribution in [3.63, 3.8) is 0 Å². The number of nitrogens with zero attached hydrogens (tertiary/aromatic N) is 1. The fraction of sp³-hybridized carbons (Fsp3) is 0.444. The molecule has 3 amide bonds. The van der Waals surface area contributed by atoms with Gasteiger partial charge in [0.2, 0.25) is 0 Å². The maximum absolute atomic E-state index is 11.8. The minimum atomic E-state index is -0.694. The Morgan fingerprint density at radius 1 is 1.20 bits per heavy atom. The SMILES string of the molecule is C[C@H]1CCCC[C@H]1NC(=O)NC(=O)COC(=O)c1ccc(C#N)cc1. The topological polar surface area (TPSA) is 108 Å². The number of amides is 3. The highest BCUT2D eigenvalue weighted by molar-refractivity contribution is 5.97. The van der Waals surface area contributed by atoms with Gasteiger partial charge in [-0.25, -0.2) is 9.59 Å². The summed E-state index contributed by atoms with van der Waals surface area (Å²) in [6, 6.07) is 7.27. The van der Waals surface area contributed by atoms with E-state index in [0.29, 0.717) is 11.5 Å². The predicted molar refractivity (Wildman–Crippen MR) is 89.5 cm³/mol. The smallest absolute Gasteiger partial charge is 0.338 e. The molecule has 2 rings (SSSR count). The zero-order valence-electron chi connectivity index (χ0n) is 14.1. The van der Waals surface area contributed by atoms with Crippen molar-refractivity contribution in [2.45, 2.75) is 38.6 Å². The third-order valence-electron chi connectivity index (χ3n) is 4.26. The van der Waals surface area contributed by atoms with Crippen molar-refractivity contribution in [1.29, 1.82) is 5.26 Å². The standard InChI is InChI=1S/C18H21N3O4/c1-12-4-2-3-5-15(12)20-18(24)21-16(22)11-25-17(23)14-8-6-13(10-19)7-9-14/h6-9,12,15H,2-5,11H2,1H3,(H2,20,21,22,24)/t12-,15+/m0/s1. The molecule has 0 spiro atoms. The molecule has 132 valence electrons. The third kappa shape index (κ3) is 5.60. The van der Waals surface area contributed by atoms with Gasteiger partial charge in [-0.15, -0.1) is 0 Å². The van der Waals surface area contributed by atoms with Crippen LogP contribution in [0.15, 0.2) is 24.3 Å². The molecule has 0 saturated heterocycles. The van der Waals surface area contributed by atoms with Crippen LogP contribution >= 0.6 is 0 Å². The van der Waals surface area contributed by atoms with Crippen molar-refractivity contribution in [2.75, 3.05) is 6.61 Å². The largest absolute Gasteiger partial charge is 0.452 e. The van der Waals surface area contributed by atoms with Gasteiger partial charge in [0, 0.05) is 6.04 Å². The summed E-state index contributed by atoms with van der Waals surface area (Å²) in [5, 5.41) is 13.7. The molecule has 0 radical (unpaired) electrons. The first-order valence-corrected chi connectivity index (χ1v) is 8.27. The summed E-state index contributed by atoms with van der Waals surface area (Å²) in [5.41, 5.74) is 0.648. The lowest BCUT2D eigenvalue weighted by Gasteiger charge is -2.29. The molecule has 7 nitrogen and oxygen atoms in total. The van der Waals surface area contributed by atoms with E-state index in [1.54, 1.807) is 0 Å². The first kappa shape index (κ1) is 18.5. The van der Waals surface area contributed by atoms with Gasteiger partial charge in [0.25, 0.3) is 5.91 Å². The second kappa shape index (κ2) is 8.83. The molecule has 0 heterocycles. The Balaban J connectivity index is 1.74. The molecular formula is C18H21N3O4. The minimum absolute atomic E-state index is 0.0581. The van der Waals surface area contributed by atoms with Crippen LogP contribution in [0.2, 0.25) is 0 Å². The Hall–Kier alpha value is -2.88. The molecule has 1 fully saturated rings. The number of carbonyl (C=O) groups excluding carboxylic acids is 3. The minimum Gasteiger partial charge on any atom is -0.452 e. The summed E-state index contributed by atoms with van der Waals surface area (Å²) in [6.07, 6.45) is 4.17. The zero-order chi connectivity index (χ0) is 18.2. The third-order valence-corrected chi connectivity index (χ3v) is 4.26. The molecular weight excluding hydrogens is 322 g/mol. The van der Waals surface area contributed by atoms with E-state index in [-0.39, 0.29) is 11.6 Å². The quantitative estimate of drug-likeness (QED) is 0.814. The number of benzene rings is 1. The van der Waals surface area contributed by atoms with E-state index in [1.807, 2.05) is 6.07 Å². The lowest BCUT2D eigenvalue weighted by Crippen LogP contribution is -2.48. The van der Waals surface area contributed by atoms with E-state index in [1.165, 1.54) is 24.3 Å². The van der Waals surface area contributed by atoms with Crippen LogP contribution in [0.5, 0.6) is 0 Å². The predicted octanol–water partition coefficient (Wildman–Crippen LogP) is 2.12. The maximum Gasteiger partial charge on any atom is 0.338 e. The number of rotatable bonds is 4. The van der Waals surface area contributed by atoms with Crippen molar-refractivity contribution in [1.82, 2.24) is 10.6 Å². The molecule has 2 atom stereocenters. The molecule has 7 heteroatoms. The van der Waals surface area contributed by atoms with E-state index in [0.717, 1.165) is 25.7 Å². The molecule has 0 aliphatic heterocycles. The highest BCUT2D eigenvalue weighted by Gasteiger charge is 2.23.